The lowest BCUT2D eigenvalue weighted by molar-refractivity contribution is 0.296. The van der Waals surface area contributed by atoms with Crippen LogP contribution < -0.4 is 25.7 Å². The fraction of sp³-hybridized carbons (Fsp3) is 0.320. The zero-order chi connectivity index (χ0) is 23.2. The van der Waals surface area contributed by atoms with Crippen molar-refractivity contribution in [1.82, 2.24) is 9.97 Å². The number of hydrogen-bond donors (Lipinski definition) is 2. The van der Waals surface area contributed by atoms with Crippen LogP contribution in [0.2, 0.25) is 0 Å². The molecule has 4 rings (SSSR count). The third-order valence-electron chi connectivity index (χ3n) is 5.35. The second-order valence-electron chi connectivity index (χ2n) is 7.94. The highest BCUT2D eigenvalue weighted by Gasteiger charge is 2.24. The van der Waals surface area contributed by atoms with E-state index in [1.54, 1.807) is 6.20 Å². The number of nitrogens with two attached hydrogens (primary N) is 2. The lowest BCUT2D eigenvalue weighted by atomic mass is 9.98. The summed E-state index contributed by atoms with van der Waals surface area (Å²) in [5.74, 6) is 3.22. The molecule has 4 N–H and O–H groups in total. The van der Waals surface area contributed by atoms with Crippen LogP contribution in [0, 0.1) is 17.2 Å². The van der Waals surface area contributed by atoms with E-state index in [4.69, 9.17) is 30.9 Å². The van der Waals surface area contributed by atoms with Gasteiger partial charge in [-0.3, -0.25) is 0 Å². The van der Waals surface area contributed by atoms with E-state index in [-0.39, 0.29) is 12.6 Å². The molecule has 1 aliphatic rings. The average Bonchev–Trinajstić information content (AvgIpc) is 3.63. The Hall–Kier alpha value is -3.99. The highest BCUT2D eigenvalue weighted by atomic mass is 16.5. The first-order valence-electron chi connectivity index (χ1n) is 11.0. The number of nitriles is 1. The van der Waals surface area contributed by atoms with E-state index >= 15 is 0 Å². The Morgan fingerprint density at radius 3 is 2.42 bits per heavy atom. The van der Waals surface area contributed by atoms with E-state index in [1.165, 1.54) is 12.8 Å². The molecule has 0 aliphatic heterocycles. The van der Waals surface area contributed by atoms with Crippen LogP contribution in [0.15, 0.2) is 42.6 Å². The standard InChI is InChI=1S/C25H27N5O3/c1-2-31-21-12-17(11-19-14-29-25(28)30-24(19)27)13-22(33-15-16-3-4-16)23(21)18-5-7-20(8-6-18)32-10-9-26/h5-8,12-14,16H,2-4,10-11,15H2,1H3,(H4,27,28,29,30). The highest BCUT2D eigenvalue weighted by Crippen LogP contribution is 2.42. The first kappa shape index (κ1) is 22.2. The zero-order valence-corrected chi connectivity index (χ0v) is 18.6. The largest absolute Gasteiger partial charge is 0.493 e. The number of rotatable bonds is 10. The molecule has 0 amide bonds. The van der Waals surface area contributed by atoms with Gasteiger partial charge in [0.05, 0.1) is 18.8 Å². The second kappa shape index (κ2) is 10.1. The van der Waals surface area contributed by atoms with Crippen LogP contribution in [0.3, 0.4) is 0 Å². The second-order valence-corrected chi connectivity index (χ2v) is 7.94. The minimum Gasteiger partial charge on any atom is -0.493 e. The molecule has 1 heterocycles. The molecule has 2 aromatic carbocycles. The minimum absolute atomic E-state index is 0.00592. The molecule has 170 valence electrons. The minimum atomic E-state index is 0.00592. The Bertz CT molecular complexity index is 1150. The molecule has 0 bridgehead atoms. The Morgan fingerprint density at radius 2 is 1.79 bits per heavy atom. The maximum absolute atomic E-state index is 8.73. The van der Waals surface area contributed by atoms with Gasteiger partial charge in [-0.25, -0.2) is 4.98 Å². The molecule has 0 spiro atoms. The van der Waals surface area contributed by atoms with Crippen molar-refractivity contribution < 1.29 is 14.2 Å². The van der Waals surface area contributed by atoms with Crippen LogP contribution in [-0.2, 0) is 6.42 Å². The summed E-state index contributed by atoms with van der Waals surface area (Å²) in [5.41, 5.74) is 15.3. The van der Waals surface area contributed by atoms with Crippen molar-refractivity contribution in [3.05, 3.63) is 53.7 Å². The number of anilines is 2. The lowest BCUT2D eigenvalue weighted by Gasteiger charge is -2.19. The molecule has 3 aromatic rings. The van der Waals surface area contributed by atoms with Gasteiger partial charge in [0.2, 0.25) is 5.95 Å². The zero-order valence-electron chi connectivity index (χ0n) is 18.6. The quantitative estimate of drug-likeness (QED) is 0.479. The Labute approximate surface area is 193 Å². The molecule has 1 aromatic heterocycles. The van der Waals surface area contributed by atoms with Gasteiger partial charge in [-0.15, -0.1) is 0 Å². The van der Waals surface area contributed by atoms with Crippen LogP contribution in [0.25, 0.3) is 11.1 Å². The van der Waals surface area contributed by atoms with Gasteiger partial charge in [-0.05, 0) is 61.1 Å². The monoisotopic (exact) mass is 445 g/mol. The molecule has 0 atom stereocenters. The summed E-state index contributed by atoms with van der Waals surface area (Å²) in [4.78, 5) is 8.14. The number of benzene rings is 2. The van der Waals surface area contributed by atoms with Crippen LogP contribution in [0.4, 0.5) is 11.8 Å². The molecule has 1 saturated carbocycles. The number of nitrogens with zero attached hydrogens (tertiary/aromatic N) is 3. The fourth-order valence-corrected chi connectivity index (χ4v) is 3.53. The van der Waals surface area contributed by atoms with E-state index in [0.29, 0.717) is 37.1 Å². The predicted molar refractivity (Wildman–Crippen MR) is 126 cm³/mol. The Balaban J connectivity index is 1.72. The van der Waals surface area contributed by atoms with Crippen LogP contribution >= 0.6 is 0 Å². The Morgan fingerprint density at radius 1 is 1.06 bits per heavy atom. The summed E-state index contributed by atoms with van der Waals surface area (Å²) in [6.45, 7) is 3.13. The van der Waals surface area contributed by atoms with Crippen LogP contribution in [0.5, 0.6) is 17.2 Å². The third-order valence-corrected chi connectivity index (χ3v) is 5.35. The summed E-state index contributed by atoms with van der Waals surface area (Å²) in [7, 11) is 0. The maximum atomic E-state index is 8.73. The first-order chi connectivity index (χ1) is 16.1. The lowest BCUT2D eigenvalue weighted by Crippen LogP contribution is -2.06. The van der Waals surface area contributed by atoms with Crippen LogP contribution in [0.1, 0.15) is 30.9 Å². The van der Waals surface area contributed by atoms with E-state index in [2.05, 4.69) is 9.97 Å². The third kappa shape index (κ3) is 5.63. The van der Waals surface area contributed by atoms with Gasteiger partial charge in [0, 0.05) is 18.2 Å². The van der Waals surface area contributed by atoms with Gasteiger partial charge in [0.1, 0.15) is 29.1 Å². The number of ether oxygens (including phenoxy) is 3. The van der Waals surface area contributed by atoms with E-state index < -0.39 is 0 Å². The number of hydrogen-bond acceptors (Lipinski definition) is 8. The summed E-state index contributed by atoms with van der Waals surface area (Å²) >= 11 is 0. The fourth-order valence-electron chi connectivity index (χ4n) is 3.53. The van der Waals surface area contributed by atoms with Crippen LogP contribution in [-0.4, -0.2) is 29.8 Å². The molecule has 33 heavy (non-hydrogen) atoms. The average molecular weight is 446 g/mol. The van der Waals surface area contributed by atoms with E-state index in [9.17, 15) is 0 Å². The summed E-state index contributed by atoms with van der Waals surface area (Å²) in [5, 5.41) is 8.73. The topological polar surface area (TPSA) is 129 Å². The van der Waals surface area contributed by atoms with Gasteiger partial charge in [0.25, 0.3) is 0 Å². The van der Waals surface area contributed by atoms with Crippen molar-refractivity contribution in [2.45, 2.75) is 26.2 Å². The maximum Gasteiger partial charge on any atom is 0.221 e. The van der Waals surface area contributed by atoms with Crippen molar-refractivity contribution in [3.8, 4) is 34.4 Å². The molecule has 0 unspecified atom stereocenters. The molecular formula is C25H27N5O3. The van der Waals surface area contributed by atoms with Gasteiger partial charge in [0.15, 0.2) is 6.61 Å². The molecule has 1 aliphatic carbocycles. The van der Waals surface area contributed by atoms with Crippen molar-refractivity contribution in [2.24, 2.45) is 5.92 Å². The SMILES string of the molecule is CCOc1cc(Cc2cnc(N)nc2N)cc(OCC2CC2)c1-c1ccc(OCC#N)cc1. The number of nitrogen functional groups attached to an aromatic ring is 2. The van der Waals surface area contributed by atoms with Gasteiger partial charge < -0.3 is 25.7 Å². The predicted octanol–water partition coefficient (Wildman–Crippen LogP) is 3.99. The molecule has 0 radical (unpaired) electrons. The highest BCUT2D eigenvalue weighted by molar-refractivity contribution is 5.78. The van der Waals surface area contributed by atoms with E-state index in [1.807, 2.05) is 49.4 Å². The van der Waals surface area contributed by atoms with Gasteiger partial charge >= 0.3 is 0 Å². The molecule has 1 fully saturated rings. The molecule has 8 nitrogen and oxygen atoms in total. The van der Waals surface area contributed by atoms with Crippen molar-refractivity contribution in [3.63, 3.8) is 0 Å². The Kier molecular flexibility index (Phi) is 6.79. The van der Waals surface area contributed by atoms with E-state index in [0.717, 1.165) is 33.8 Å². The molecule has 0 saturated heterocycles. The summed E-state index contributed by atoms with van der Waals surface area (Å²) in [6, 6.07) is 13.6. The molecule has 8 heteroatoms. The van der Waals surface area contributed by atoms with Gasteiger partial charge in [-0.2, -0.15) is 10.2 Å². The van der Waals surface area contributed by atoms with Crippen molar-refractivity contribution in [1.29, 1.82) is 5.26 Å². The normalized spacial score (nSPS) is 12.7. The number of aromatic nitrogens is 2. The summed E-state index contributed by atoms with van der Waals surface area (Å²) in [6.07, 6.45) is 4.55. The molecular weight excluding hydrogens is 418 g/mol. The van der Waals surface area contributed by atoms with Gasteiger partial charge in [-0.1, -0.05) is 12.1 Å². The van der Waals surface area contributed by atoms with Crippen molar-refractivity contribution >= 4 is 11.8 Å². The first-order valence-corrected chi connectivity index (χ1v) is 11.0. The summed E-state index contributed by atoms with van der Waals surface area (Å²) < 4.78 is 17.7. The van der Waals surface area contributed by atoms with Crippen molar-refractivity contribution in [2.75, 3.05) is 31.3 Å². The smallest absolute Gasteiger partial charge is 0.221 e.